The molecule has 1 aromatic rings. The molecule has 17 heavy (non-hydrogen) atoms. The number of guanidine groups is 1. The second-order valence-electron chi connectivity index (χ2n) is 5.17. The Labute approximate surface area is 103 Å². The maximum absolute atomic E-state index is 5.99. The van der Waals surface area contributed by atoms with E-state index < -0.39 is 0 Å². The van der Waals surface area contributed by atoms with Crippen molar-refractivity contribution in [1.82, 2.24) is 9.88 Å². The van der Waals surface area contributed by atoms with Gasteiger partial charge in [-0.05, 0) is 25.0 Å². The molecule has 2 N–H and O–H groups in total. The summed E-state index contributed by atoms with van der Waals surface area (Å²) >= 11 is 0. The number of aliphatic imine (C=N–C) groups is 1. The highest BCUT2D eigenvalue weighted by atomic mass is 15.4. The van der Waals surface area contributed by atoms with Crippen molar-refractivity contribution in [3.05, 3.63) is 30.1 Å². The van der Waals surface area contributed by atoms with Crippen LogP contribution in [0.3, 0.4) is 0 Å². The largest absolute Gasteiger partial charge is 0.370 e. The number of rotatable bonds is 3. The van der Waals surface area contributed by atoms with Crippen LogP contribution in [0.4, 0.5) is 0 Å². The molecule has 0 saturated heterocycles. The van der Waals surface area contributed by atoms with Crippen molar-refractivity contribution < 1.29 is 0 Å². The van der Waals surface area contributed by atoms with Crippen LogP contribution in [0.25, 0.3) is 0 Å². The molecule has 0 bridgehead atoms. The fourth-order valence-corrected chi connectivity index (χ4v) is 2.22. The van der Waals surface area contributed by atoms with Gasteiger partial charge in [0.2, 0.25) is 0 Å². The number of aromatic nitrogens is 1. The monoisotopic (exact) mass is 232 g/mol. The lowest BCUT2D eigenvalue weighted by Gasteiger charge is -2.36. The molecule has 1 aliphatic heterocycles. The van der Waals surface area contributed by atoms with Crippen LogP contribution in [0.5, 0.6) is 0 Å². The van der Waals surface area contributed by atoms with Crippen LogP contribution in [0.15, 0.2) is 29.4 Å². The minimum absolute atomic E-state index is 0.199. The van der Waals surface area contributed by atoms with Crippen LogP contribution >= 0.6 is 0 Å². The maximum atomic E-state index is 5.99. The van der Waals surface area contributed by atoms with Gasteiger partial charge in [0.15, 0.2) is 5.96 Å². The van der Waals surface area contributed by atoms with Gasteiger partial charge in [-0.25, -0.2) is 0 Å². The van der Waals surface area contributed by atoms with E-state index in [-0.39, 0.29) is 5.54 Å². The molecule has 1 atom stereocenters. The summed E-state index contributed by atoms with van der Waals surface area (Å²) in [6.07, 6.45) is 1.82. The van der Waals surface area contributed by atoms with Crippen molar-refractivity contribution in [2.75, 3.05) is 13.1 Å². The molecule has 0 aliphatic carbocycles. The summed E-state index contributed by atoms with van der Waals surface area (Å²) in [4.78, 5) is 11.0. The molecule has 4 nitrogen and oxygen atoms in total. The Morgan fingerprint density at radius 3 is 2.82 bits per heavy atom. The van der Waals surface area contributed by atoms with Crippen molar-refractivity contribution in [3.63, 3.8) is 0 Å². The predicted octanol–water partition coefficient (Wildman–Crippen LogP) is 1.58. The van der Waals surface area contributed by atoms with E-state index in [0.29, 0.717) is 18.4 Å². The highest BCUT2D eigenvalue weighted by molar-refractivity contribution is 5.81. The molecule has 0 fully saturated rings. The van der Waals surface area contributed by atoms with E-state index in [1.807, 2.05) is 24.4 Å². The topological polar surface area (TPSA) is 54.5 Å². The van der Waals surface area contributed by atoms with Crippen molar-refractivity contribution in [2.45, 2.75) is 26.3 Å². The summed E-state index contributed by atoms with van der Waals surface area (Å²) in [7, 11) is 0. The summed E-state index contributed by atoms with van der Waals surface area (Å²) in [5, 5.41) is 0. The van der Waals surface area contributed by atoms with Gasteiger partial charge < -0.3 is 10.6 Å². The first kappa shape index (κ1) is 11.9. The van der Waals surface area contributed by atoms with Gasteiger partial charge in [-0.2, -0.15) is 0 Å². The maximum Gasteiger partial charge on any atom is 0.192 e. The van der Waals surface area contributed by atoms with Gasteiger partial charge >= 0.3 is 0 Å². The molecule has 0 amide bonds. The number of nitrogens with two attached hydrogens (primary N) is 1. The van der Waals surface area contributed by atoms with Crippen molar-refractivity contribution >= 4 is 5.96 Å². The number of hydrogen-bond donors (Lipinski definition) is 1. The summed E-state index contributed by atoms with van der Waals surface area (Å²) in [6, 6.07) is 5.98. The molecule has 92 valence electrons. The Bertz CT molecular complexity index is 413. The quantitative estimate of drug-likeness (QED) is 0.861. The highest BCUT2D eigenvalue weighted by Crippen LogP contribution is 2.31. The van der Waals surface area contributed by atoms with Gasteiger partial charge in [0.05, 0.1) is 12.2 Å². The van der Waals surface area contributed by atoms with Gasteiger partial charge in [-0.1, -0.05) is 19.9 Å². The van der Waals surface area contributed by atoms with Gasteiger partial charge in [0.25, 0.3) is 0 Å². The predicted molar refractivity (Wildman–Crippen MR) is 69.6 cm³/mol. The van der Waals surface area contributed by atoms with E-state index in [4.69, 9.17) is 5.73 Å². The molecule has 1 aliphatic rings. The normalized spacial score (nSPS) is 24.2. The fourth-order valence-electron chi connectivity index (χ4n) is 2.22. The van der Waals surface area contributed by atoms with Crippen LogP contribution in [-0.2, 0) is 5.54 Å². The average Bonchev–Trinajstić information content (AvgIpc) is 2.59. The summed E-state index contributed by atoms with van der Waals surface area (Å²) in [5.41, 5.74) is 6.82. The standard InChI is InChI=1S/C13H20N4/c1-10(2)8-17-12(14)16-9-13(17,3)11-6-4-5-7-15-11/h4-7,10H,8-9H2,1-3H3,(H2,14,16). The first-order chi connectivity index (χ1) is 8.04. The third-order valence-corrected chi connectivity index (χ3v) is 3.19. The number of nitrogens with zero attached hydrogens (tertiary/aromatic N) is 3. The summed E-state index contributed by atoms with van der Waals surface area (Å²) in [6.45, 7) is 8.11. The summed E-state index contributed by atoms with van der Waals surface area (Å²) in [5.74, 6) is 1.18. The first-order valence-electron chi connectivity index (χ1n) is 6.03. The third-order valence-electron chi connectivity index (χ3n) is 3.19. The molecule has 1 unspecified atom stereocenters. The van der Waals surface area contributed by atoms with Gasteiger partial charge in [-0.3, -0.25) is 9.98 Å². The van der Waals surface area contributed by atoms with Crippen LogP contribution in [0.2, 0.25) is 0 Å². The Balaban J connectivity index is 2.31. The molecule has 2 heterocycles. The molecule has 1 aromatic heterocycles. The molecular formula is C13H20N4. The van der Waals surface area contributed by atoms with Crippen LogP contribution in [-0.4, -0.2) is 28.9 Å². The third kappa shape index (κ3) is 2.12. The molecule has 0 radical (unpaired) electrons. The molecule has 0 aromatic carbocycles. The van der Waals surface area contributed by atoms with Gasteiger partial charge in [0.1, 0.15) is 5.54 Å². The second kappa shape index (κ2) is 4.35. The average molecular weight is 232 g/mol. The summed E-state index contributed by atoms with van der Waals surface area (Å²) < 4.78 is 0. The van der Waals surface area contributed by atoms with Crippen molar-refractivity contribution in [2.24, 2.45) is 16.6 Å². The smallest absolute Gasteiger partial charge is 0.192 e. The zero-order valence-electron chi connectivity index (χ0n) is 10.7. The minimum atomic E-state index is -0.199. The molecule has 4 heteroatoms. The Morgan fingerprint density at radius 2 is 2.24 bits per heavy atom. The fraction of sp³-hybridized carbons (Fsp3) is 0.538. The Morgan fingerprint density at radius 1 is 1.47 bits per heavy atom. The van der Waals surface area contributed by atoms with Crippen LogP contribution in [0, 0.1) is 5.92 Å². The first-order valence-corrected chi connectivity index (χ1v) is 6.03. The van der Waals surface area contributed by atoms with E-state index in [0.717, 1.165) is 12.2 Å². The van der Waals surface area contributed by atoms with Crippen LogP contribution in [0.1, 0.15) is 26.5 Å². The lowest BCUT2D eigenvalue weighted by molar-refractivity contribution is 0.199. The lowest BCUT2D eigenvalue weighted by Crippen LogP contribution is -2.49. The van der Waals surface area contributed by atoms with E-state index >= 15 is 0 Å². The van der Waals surface area contributed by atoms with Crippen LogP contribution < -0.4 is 5.73 Å². The molecule has 0 saturated carbocycles. The SMILES string of the molecule is CC(C)CN1C(N)=NCC1(C)c1ccccn1. The number of hydrogen-bond acceptors (Lipinski definition) is 4. The second-order valence-corrected chi connectivity index (χ2v) is 5.17. The van der Waals surface area contributed by atoms with Crippen molar-refractivity contribution in [3.8, 4) is 0 Å². The number of pyridine rings is 1. The Kier molecular flexibility index (Phi) is 3.05. The van der Waals surface area contributed by atoms with Gasteiger partial charge in [0, 0.05) is 12.7 Å². The molecule has 0 spiro atoms. The van der Waals surface area contributed by atoms with E-state index in [1.165, 1.54) is 0 Å². The highest BCUT2D eigenvalue weighted by Gasteiger charge is 2.40. The van der Waals surface area contributed by atoms with Crippen molar-refractivity contribution in [1.29, 1.82) is 0 Å². The van der Waals surface area contributed by atoms with E-state index in [2.05, 4.69) is 35.6 Å². The minimum Gasteiger partial charge on any atom is -0.370 e. The Hall–Kier alpha value is -1.58. The van der Waals surface area contributed by atoms with Gasteiger partial charge in [-0.15, -0.1) is 0 Å². The lowest BCUT2D eigenvalue weighted by atomic mass is 9.95. The zero-order valence-corrected chi connectivity index (χ0v) is 10.7. The zero-order chi connectivity index (χ0) is 12.5. The van der Waals surface area contributed by atoms with E-state index in [1.54, 1.807) is 0 Å². The molecule has 2 rings (SSSR count). The van der Waals surface area contributed by atoms with E-state index in [9.17, 15) is 0 Å². The molecular weight excluding hydrogens is 212 g/mol.